The maximum absolute atomic E-state index is 11.3. The molecule has 42 heavy (non-hydrogen) atoms. The van der Waals surface area contributed by atoms with Crippen LogP contribution in [0.15, 0.2) is 36.7 Å². The minimum Gasteiger partial charge on any atom is -0.481 e. The molecular formula is C30H37ClN6O4Si. The zero-order valence-corrected chi connectivity index (χ0v) is 26.2. The van der Waals surface area contributed by atoms with Crippen LogP contribution in [0, 0.1) is 0 Å². The van der Waals surface area contributed by atoms with E-state index in [0.29, 0.717) is 29.8 Å². The number of ether oxygens (including phenoxy) is 2. The van der Waals surface area contributed by atoms with E-state index in [1.807, 2.05) is 41.2 Å². The highest BCUT2D eigenvalue weighted by Gasteiger charge is 2.42. The van der Waals surface area contributed by atoms with Gasteiger partial charge in [-0.15, -0.1) is 0 Å². The number of carbonyl (C=O) groups is 1. The number of hydrogen-bond acceptors (Lipinski definition) is 7. The molecule has 0 aliphatic carbocycles. The molecule has 4 aromatic rings. The van der Waals surface area contributed by atoms with E-state index in [1.165, 1.54) is 0 Å². The molecule has 2 unspecified atom stereocenters. The average Bonchev–Trinajstić information content (AvgIpc) is 3.44. The van der Waals surface area contributed by atoms with Gasteiger partial charge in [-0.1, -0.05) is 43.4 Å². The standard InChI is InChI=1S/C30H37ClN6O4Si/c1-40-25-10-6-18-5-9-22(26(31)27(18)35-25)23-16-36(17-41-11-12-42(2,3)4)29-28(23)32-15-24(34-29)37-20-7-8-21(37)14-19(13-20)33-30(38)39/h5-6,9-10,15-16,19-21,33H,7-8,11-14,17H2,1-4H3,(H,38,39). The van der Waals surface area contributed by atoms with Crippen LogP contribution in [0.5, 0.6) is 5.88 Å². The molecule has 3 aromatic heterocycles. The van der Waals surface area contributed by atoms with Crippen LogP contribution in [-0.4, -0.2) is 70.6 Å². The third-order valence-corrected chi connectivity index (χ3v) is 10.5. The Bertz CT molecular complexity index is 1630. The summed E-state index contributed by atoms with van der Waals surface area (Å²) in [6, 6.07) is 9.25. The van der Waals surface area contributed by atoms with Crippen molar-refractivity contribution in [3.63, 3.8) is 0 Å². The Kier molecular flexibility index (Phi) is 7.75. The zero-order valence-electron chi connectivity index (χ0n) is 24.4. The molecule has 0 saturated carbocycles. The second-order valence-electron chi connectivity index (χ2n) is 12.5. The molecule has 2 fully saturated rings. The molecule has 2 aliphatic heterocycles. The highest BCUT2D eigenvalue weighted by Crippen LogP contribution is 2.41. The monoisotopic (exact) mass is 608 g/mol. The van der Waals surface area contributed by atoms with Gasteiger partial charge in [0.25, 0.3) is 0 Å². The van der Waals surface area contributed by atoms with Crippen LogP contribution in [0.25, 0.3) is 33.2 Å². The van der Waals surface area contributed by atoms with Crippen LogP contribution in [-0.2, 0) is 11.5 Å². The number of nitrogens with zero attached hydrogens (tertiary/aromatic N) is 5. The molecule has 1 amide bonds. The molecule has 222 valence electrons. The lowest BCUT2D eigenvalue weighted by molar-refractivity contribution is 0.0899. The van der Waals surface area contributed by atoms with E-state index >= 15 is 0 Å². The predicted molar refractivity (Wildman–Crippen MR) is 167 cm³/mol. The number of benzene rings is 1. The number of aromatic nitrogens is 4. The lowest BCUT2D eigenvalue weighted by atomic mass is 9.97. The van der Waals surface area contributed by atoms with Crippen LogP contribution in [0.2, 0.25) is 30.7 Å². The SMILES string of the molecule is COc1ccc2ccc(-c3cn(COCC[Si](C)(C)C)c4nc(N5C6CCC5CC(NC(=O)O)C6)cnc34)c(Cl)c2n1. The normalized spacial score (nSPS) is 20.4. The number of pyridine rings is 1. The Morgan fingerprint density at radius 1 is 1.10 bits per heavy atom. The lowest BCUT2D eigenvalue weighted by Crippen LogP contribution is -2.50. The van der Waals surface area contributed by atoms with E-state index in [2.05, 4.69) is 34.8 Å². The number of nitrogens with one attached hydrogen (secondary N) is 1. The number of hydrogen-bond donors (Lipinski definition) is 2. The van der Waals surface area contributed by atoms with Gasteiger partial charge in [0, 0.05) is 61.6 Å². The highest BCUT2D eigenvalue weighted by atomic mass is 35.5. The fourth-order valence-electron chi connectivity index (χ4n) is 6.30. The molecule has 2 bridgehead atoms. The number of methoxy groups -OCH3 is 1. The molecule has 5 heterocycles. The van der Waals surface area contributed by atoms with E-state index in [1.54, 1.807) is 7.11 Å². The molecule has 0 spiro atoms. The number of amides is 1. The molecule has 6 rings (SSSR count). The van der Waals surface area contributed by atoms with Gasteiger partial charge in [-0.3, -0.25) is 0 Å². The Hall–Kier alpha value is -3.41. The molecule has 2 aliphatic rings. The van der Waals surface area contributed by atoms with Crippen molar-refractivity contribution in [3.05, 3.63) is 41.7 Å². The number of fused-ring (bicyclic) bond motifs is 4. The summed E-state index contributed by atoms with van der Waals surface area (Å²) < 4.78 is 13.5. The third kappa shape index (κ3) is 5.65. The third-order valence-electron chi connectivity index (χ3n) is 8.38. The van der Waals surface area contributed by atoms with Crippen molar-refractivity contribution in [2.75, 3.05) is 18.6 Å². The summed E-state index contributed by atoms with van der Waals surface area (Å²) in [4.78, 5) is 28.3. The number of rotatable bonds is 9. The fourth-order valence-corrected chi connectivity index (χ4v) is 7.37. The highest BCUT2D eigenvalue weighted by molar-refractivity contribution is 6.76. The number of piperidine rings is 1. The lowest BCUT2D eigenvalue weighted by Gasteiger charge is -2.39. The summed E-state index contributed by atoms with van der Waals surface area (Å²) in [6.07, 6.45) is 6.45. The largest absolute Gasteiger partial charge is 0.481 e. The van der Waals surface area contributed by atoms with Crippen LogP contribution in [0.3, 0.4) is 0 Å². The van der Waals surface area contributed by atoms with Gasteiger partial charge in [0.1, 0.15) is 18.1 Å². The predicted octanol–water partition coefficient (Wildman–Crippen LogP) is 6.39. The van der Waals surface area contributed by atoms with E-state index < -0.39 is 14.2 Å². The average molecular weight is 609 g/mol. The van der Waals surface area contributed by atoms with Gasteiger partial charge in [0.05, 0.1) is 23.8 Å². The first-order valence-electron chi connectivity index (χ1n) is 14.5. The number of anilines is 1. The van der Waals surface area contributed by atoms with Crippen LogP contribution < -0.4 is 15.0 Å². The quantitative estimate of drug-likeness (QED) is 0.166. The smallest absolute Gasteiger partial charge is 0.404 e. The van der Waals surface area contributed by atoms with Gasteiger partial charge < -0.3 is 29.4 Å². The summed E-state index contributed by atoms with van der Waals surface area (Å²) in [5, 5.41) is 13.4. The Morgan fingerprint density at radius 3 is 2.52 bits per heavy atom. The molecule has 10 nitrogen and oxygen atoms in total. The van der Waals surface area contributed by atoms with E-state index in [-0.39, 0.29) is 18.1 Å². The number of halogens is 1. The first-order chi connectivity index (χ1) is 20.1. The summed E-state index contributed by atoms with van der Waals surface area (Å²) in [5.41, 5.74) is 3.82. The van der Waals surface area contributed by atoms with Crippen LogP contribution in [0.1, 0.15) is 25.7 Å². The molecular weight excluding hydrogens is 572 g/mol. The first kappa shape index (κ1) is 28.7. The van der Waals surface area contributed by atoms with E-state index in [0.717, 1.165) is 65.2 Å². The summed E-state index contributed by atoms with van der Waals surface area (Å²) in [6.45, 7) is 8.06. The van der Waals surface area contributed by atoms with Crippen molar-refractivity contribution in [2.24, 2.45) is 0 Å². The topological polar surface area (TPSA) is 115 Å². The Morgan fingerprint density at radius 2 is 1.83 bits per heavy atom. The van der Waals surface area contributed by atoms with Gasteiger partial charge in [-0.25, -0.2) is 19.7 Å². The van der Waals surface area contributed by atoms with E-state index in [9.17, 15) is 9.90 Å². The molecule has 1 aromatic carbocycles. The maximum Gasteiger partial charge on any atom is 0.404 e. The second-order valence-corrected chi connectivity index (χ2v) is 18.5. The van der Waals surface area contributed by atoms with Crippen molar-refractivity contribution < 1.29 is 19.4 Å². The van der Waals surface area contributed by atoms with Crippen molar-refractivity contribution in [3.8, 4) is 17.0 Å². The van der Waals surface area contributed by atoms with Gasteiger partial charge in [0.2, 0.25) is 5.88 Å². The Balaban J connectivity index is 1.38. The Labute approximate surface area is 251 Å². The minimum atomic E-state index is -1.24. The first-order valence-corrected chi connectivity index (χ1v) is 18.5. The number of carboxylic acid groups (broad SMARTS) is 1. The fraction of sp³-hybridized carbons (Fsp3) is 0.467. The molecule has 2 atom stereocenters. The van der Waals surface area contributed by atoms with Crippen molar-refractivity contribution in [1.82, 2.24) is 24.8 Å². The molecule has 2 N–H and O–H groups in total. The minimum absolute atomic E-state index is 0.0366. The second kappa shape index (κ2) is 11.3. The molecule has 2 saturated heterocycles. The van der Waals surface area contributed by atoms with Crippen molar-refractivity contribution >= 4 is 53.7 Å². The van der Waals surface area contributed by atoms with Gasteiger partial charge in [-0.2, -0.15) is 0 Å². The van der Waals surface area contributed by atoms with Gasteiger partial charge in [0.15, 0.2) is 5.65 Å². The van der Waals surface area contributed by atoms with Crippen LogP contribution >= 0.6 is 11.6 Å². The van der Waals surface area contributed by atoms with Gasteiger partial charge >= 0.3 is 6.09 Å². The van der Waals surface area contributed by atoms with Gasteiger partial charge in [-0.05, 0) is 37.8 Å². The summed E-state index contributed by atoms with van der Waals surface area (Å²) >= 11 is 6.98. The van der Waals surface area contributed by atoms with Crippen molar-refractivity contribution in [2.45, 2.75) is 76.2 Å². The molecule has 12 heteroatoms. The zero-order chi connectivity index (χ0) is 29.6. The van der Waals surface area contributed by atoms with Crippen molar-refractivity contribution in [1.29, 1.82) is 0 Å². The van der Waals surface area contributed by atoms with Crippen LogP contribution in [0.4, 0.5) is 10.6 Å². The van der Waals surface area contributed by atoms with E-state index in [4.69, 9.17) is 31.0 Å². The maximum atomic E-state index is 11.3. The summed E-state index contributed by atoms with van der Waals surface area (Å²) in [5.74, 6) is 1.31. The molecule has 0 radical (unpaired) electrons. The summed E-state index contributed by atoms with van der Waals surface area (Å²) in [7, 11) is 0.350.